The maximum absolute atomic E-state index is 12.4. The first kappa shape index (κ1) is 15.3. The number of aryl methyl sites for hydroxylation is 1. The molecule has 110 valence electrons. The maximum atomic E-state index is 12.4. The van der Waals surface area contributed by atoms with Gasteiger partial charge in [-0.05, 0) is 13.8 Å². The van der Waals surface area contributed by atoms with Crippen LogP contribution in [0.4, 0.5) is 5.69 Å². The van der Waals surface area contributed by atoms with Gasteiger partial charge in [-0.1, -0.05) is 23.2 Å². The van der Waals surface area contributed by atoms with Gasteiger partial charge in [0.25, 0.3) is 0 Å². The predicted molar refractivity (Wildman–Crippen MR) is 80.1 cm³/mol. The number of hydrogen-bond donors (Lipinski definition) is 0. The Balaban J connectivity index is 2.57. The van der Waals surface area contributed by atoms with Crippen molar-refractivity contribution >= 4 is 44.9 Å². The molecule has 1 atom stereocenters. The summed E-state index contributed by atoms with van der Waals surface area (Å²) in [6, 6.07) is 0. The molecule has 0 N–H and O–H groups in total. The van der Waals surface area contributed by atoms with Crippen LogP contribution in [0.1, 0.15) is 13.8 Å². The minimum absolute atomic E-state index is 0.0292. The lowest BCUT2D eigenvalue weighted by Crippen LogP contribution is -2.29. The number of aromatic nitrogens is 2. The first-order chi connectivity index (χ1) is 9.23. The Labute approximate surface area is 127 Å². The van der Waals surface area contributed by atoms with Crippen molar-refractivity contribution in [1.82, 2.24) is 9.78 Å². The van der Waals surface area contributed by atoms with E-state index in [9.17, 15) is 8.42 Å². The van der Waals surface area contributed by atoms with Crippen LogP contribution in [-0.2, 0) is 16.9 Å². The number of nitrogens with zero attached hydrogens (tertiary/aromatic N) is 4. The number of sulfone groups is 1. The van der Waals surface area contributed by atoms with E-state index in [1.165, 1.54) is 22.0 Å². The van der Waals surface area contributed by atoms with E-state index in [0.29, 0.717) is 10.7 Å². The van der Waals surface area contributed by atoms with Crippen LogP contribution in [0.25, 0.3) is 0 Å². The van der Waals surface area contributed by atoms with E-state index in [2.05, 4.69) is 10.1 Å². The largest absolute Gasteiger partial charge is 0.307 e. The molecule has 1 aromatic rings. The minimum atomic E-state index is -3.53. The van der Waals surface area contributed by atoms with E-state index in [4.69, 9.17) is 23.2 Å². The summed E-state index contributed by atoms with van der Waals surface area (Å²) in [5, 5.41) is 3.79. The van der Waals surface area contributed by atoms with Crippen LogP contribution in [0.3, 0.4) is 0 Å². The molecule has 0 aliphatic carbocycles. The molecule has 2 heterocycles. The highest BCUT2D eigenvalue weighted by molar-refractivity contribution is 7.92. The van der Waals surface area contributed by atoms with Gasteiger partial charge in [0.1, 0.15) is 5.69 Å². The molecule has 0 aromatic carbocycles. The molecule has 1 aromatic heterocycles. The molecule has 0 amide bonds. The van der Waals surface area contributed by atoms with Crippen molar-refractivity contribution in [2.75, 3.05) is 4.90 Å². The summed E-state index contributed by atoms with van der Waals surface area (Å²) < 4.78 is 26.1. The molecule has 0 saturated carbocycles. The molecule has 0 spiro atoms. The van der Waals surface area contributed by atoms with Gasteiger partial charge in [-0.2, -0.15) is 5.10 Å². The third-order valence-electron chi connectivity index (χ3n) is 2.76. The van der Waals surface area contributed by atoms with E-state index in [0.717, 1.165) is 0 Å². The standard InChI is InChI=1S/C11H14Cl2N4O2S/c1-7(2)20(18,19)10-9(6-16(3)15-10)17-5-8(12)4-14-11(17)13/h4-7,11H,1-3H3. The molecule has 0 radical (unpaired) electrons. The van der Waals surface area contributed by atoms with Gasteiger partial charge in [-0.3, -0.25) is 9.67 Å². The fourth-order valence-electron chi connectivity index (χ4n) is 1.68. The fourth-order valence-corrected chi connectivity index (χ4v) is 3.19. The van der Waals surface area contributed by atoms with Crippen molar-refractivity contribution in [3.05, 3.63) is 17.4 Å². The average molecular weight is 337 g/mol. The van der Waals surface area contributed by atoms with Crippen molar-refractivity contribution in [3.63, 3.8) is 0 Å². The van der Waals surface area contributed by atoms with E-state index >= 15 is 0 Å². The third kappa shape index (κ3) is 2.70. The Morgan fingerprint density at radius 3 is 2.65 bits per heavy atom. The molecule has 1 aliphatic rings. The zero-order chi connectivity index (χ0) is 15.1. The molecule has 20 heavy (non-hydrogen) atoms. The number of allylic oxidation sites excluding steroid dienone is 1. The average Bonchev–Trinajstić information content (AvgIpc) is 2.74. The number of halogens is 2. The first-order valence-corrected chi connectivity index (χ1v) is 8.20. The molecule has 0 bridgehead atoms. The Morgan fingerprint density at radius 1 is 1.40 bits per heavy atom. The monoisotopic (exact) mass is 336 g/mol. The van der Waals surface area contributed by atoms with E-state index in [1.54, 1.807) is 27.1 Å². The van der Waals surface area contributed by atoms with Gasteiger partial charge in [-0.15, -0.1) is 0 Å². The normalized spacial score (nSPS) is 19.6. The molecule has 6 nitrogen and oxygen atoms in total. The van der Waals surface area contributed by atoms with Crippen molar-refractivity contribution in [2.45, 2.75) is 29.7 Å². The smallest absolute Gasteiger partial charge is 0.201 e. The van der Waals surface area contributed by atoms with Crippen LogP contribution >= 0.6 is 23.2 Å². The Hall–Kier alpha value is -1.05. The van der Waals surface area contributed by atoms with Crippen molar-refractivity contribution < 1.29 is 8.42 Å². The number of rotatable bonds is 3. The molecule has 0 fully saturated rings. The van der Waals surface area contributed by atoms with Gasteiger partial charge in [0, 0.05) is 25.7 Å². The molecule has 2 rings (SSSR count). The Bertz CT molecular complexity index is 679. The molecule has 9 heteroatoms. The van der Waals surface area contributed by atoms with Crippen LogP contribution in [0.2, 0.25) is 0 Å². The molecular formula is C11H14Cl2N4O2S. The second kappa shape index (κ2) is 5.38. The summed E-state index contributed by atoms with van der Waals surface area (Å²) in [6.45, 7) is 3.20. The van der Waals surface area contributed by atoms with E-state index in [-0.39, 0.29) is 5.03 Å². The van der Waals surface area contributed by atoms with Gasteiger partial charge in [0.05, 0.1) is 10.3 Å². The van der Waals surface area contributed by atoms with Crippen LogP contribution in [0, 0.1) is 0 Å². The summed E-state index contributed by atoms with van der Waals surface area (Å²) in [7, 11) is -1.89. The minimum Gasteiger partial charge on any atom is -0.307 e. The summed E-state index contributed by atoms with van der Waals surface area (Å²) in [5.41, 5.74) is -0.404. The zero-order valence-electron chi connectivity index (χ0n) is 11.2. The van der Waals surface area contributed by atoms with Gasteiger partial charge >= 0.3 is 0 Å². The molecule has 1 aliphatic heterocycles. The predicted octanol–water partition coefficient (Wildman–Crippen LogP) is 2.10. The quantitative estimate of drug-likeness (QED) is 0.626. The number of hydrogen-bond acceptors (Lipinski definition) is 5. The first-order valence-electron chi connectivity index (χ1n) is 5.84. The Morgan fingerprint density at radius 2 is 2.05 bits per heavy atom. The summed E-state index contributed by atoms with van der Waals surface area (Å²) >= 11 is 12.0. The lowest BCUT2D eigenvalue weighted by Gasteiger charge is -2.25. The fraction of sp³-hybridized carbons (Fsp3) is 0.455. The van der Waals surface area contributed by atoms with Crippen LogP contribution < -0.4 is 4.90 Å². The second-order valence-corrected chi connectivity index (χ2v) is 7.84. The number of anilines is 1. The molecular weight excluding hydrogens is 323 g/mol. The lowest BCUT2D eigenvalue weighted by atomic mass is 10.4. The SMILES string of the molecule is CC(C)S(=O)(=O)c1nn(C)cc1N1C=C(Cl)C=NC1Cl. The summed E-state index contributed by atoms with van der Waals surface area (Å²) in [5.74, 6) is 0. The third-order valence-corrected chi connectivity index (χ3v) is 5.35. The number of alkyl halides is 1. The van der Waals surface area contributed by atoms with Crippen molar-refractivity contribution in [3.8, 4) is 0 Å². The van der Waals surface area contributed by atoms with E-state index in [1.807, 2.05) is 0 Å². The van der Waals surface area contributed by atoms with Crippen LogP contribution in [0.5, 0.6) is 0 Å². The maximum Gasteiger partial charge on any atom is 0.201 e. The van der Waals surface area contributed by atoms with Gasteiger partial charge in [0.2, 0.25) is 20.5 Å². The second-order valence-electron chi connectivity index (χ2n) is 4.60. The van der Waals surface area contributed by atoms with Crippen LogP contribution in [-0.4, -0.2) is 35.3 Å². The Kier molecular flexibility index (Phi) is 4.13. The highest BCUT2D eigenvalue weighted by Gasteiger charge is 2.31. The highest BCUT2D eigenvalue weighted by atomic mass is 35.5. The summed E-state index contributed by atoms with van der Waals surface area (Å²) in [4.78, 5) is 5.46. The number of aliphatic imine (C=N–C) groups is 1. The van der Waals surface area contributed by atoms with Crippen molar-refractivity contribution in [2.24, 2.45) is 12.0 Å². The van der Waals surface area contributed by atoms with E-state index < -0.39 is 20.7 Å². The lowest BCUT2D eigenvalue weighted by molar-refractivity contribution is 0.579. The topological polar surface area (TPSA) is 67.6 Å². The molecule has 1 unspecified atom stereocenters. The molecule has 0 saturated heterocycles. The summed E-state index contributed by atoms with van der Waals surface area (Å²) in [6.07, 6.45) is 4.53. The van der Waals surface area contributed by atoms with Crippen molar-refractivity contribution in [1.29, 1.82) is 0 Å². The van der Waals surface area contributed by atoms with Gasteiger partial charge in [-0.25, -0.2) is 8.42 Å². The zero-order valence-corrected chi connectivity index (χ0v) is 13.5. The highest BCUT2D eigenvalue weighted by Crippen LogP contribution is 2.31. The van der Waals surface area contributed by atoms with Gasteiger partial charge < -0.3 is 4.90 Å². The van der Waals surface area contributed by atoms with Crippen LogP contribution in [0.15, 0.2) is 27.4 Å². The van der Waals surface area contributed by atoms with Gasteiger partial charge in [0.15, 0.2) is 0 Å².